The fourth-order valence-electron chi connectivity index (χ4n) is 4.49. The number of halogens is 1. The van der Waals surface area contributed by atoms with Gasteiger partial charge in [-0.05, 0) is 66.2 Å². The quantitative estimate of drug-likeness (QED) is 0.390. The first-order valence-electron chi connectivity index (χ1n) is 10.8. The molecule has 3 aromatic rings. The molecule has 2 fully saturated rings. The van der Waals surface area contributed by atoms with E-state index in [-0.39, 0.29) is 5.91 Å². The van der Waals surface area contributed by atoms with Gasteiger partial charge in [0.2, 0.25) is 5.91 Å². The Morgan fingerprint density at radius 1 is 0.857 bits per heavy atom. The van der Waals surface area contributed by atoms with E-state index < -0.39 is 29.9 Å². The van der Waals surface area contributed by atoms with Crippen LogP contribution in [0, 0.1) is 5.92 Å². The molecule has 5 rings (SSSR count). The van der Waals surface area contributed by atoms with Crippen molar-refractivity contribution in [2.45, 2.75) is 12.1 Å². The summed E-state index contributed by atoms with van der Waals surface area (Å²) >= 11 is 6.06. The molecule has 2 aliphatic heterocycles. The zero-order valence-electron chi connectivity index (χ0n) is 18.9. The van der Waals surface area contributed by atoms with Crippen molar-refractivity contribution in [1.29, 1.82) is 0 Å². The smallest absolute Gasteiger partial charge is 0.337 e. The summed E-state index contributed by atoms with van der Waals surface area (Å²) in [6.07, 6.45) is -1.01. The molecule has 0 saturated carbocycles. The van der Waals surface area contributed by atoms with E-state index in [1.807, 2.05) is 12.1 Å². The molecule has 2 amide bonds. The second-order valence-corrected chi connectivity index (χ2v) is 8.56. The molecule has 0 radical (unpaired) electrons. The highest BCUT2D eigenvalue weighted by Gasteiger charge is 2.60. The summed E-state index contributed by atoms with van der Waals surface area (Å²) in [6.45, 7) is 0. The van der Waals surface area contributed by atoms with Gasteiger partial charge in [0.05, 0.1) is 37.2 Å². The van der Waals surface area contributed by atoms with Crippen LogP contribution in [-0.4, -0.2) is 38.1 Å². The molecule has 0 aromatic heterocycles. The van der Waals surface area contributed by atoms with Crippen LogP contribution in [0.15, 0.2) is 72.8 Å². The van der Waals surface area contributed by atoms with Gasteiger partial charge in [-0.25, -0.2) is 14.8 Å². The predicted octanol–water partition coefficient (Wildman–Crippen LogP) is 4.19. The Hall–Kier alpha value is -3.88. The number of imide groups is 1. The summed E-state index contributed by atoms with van der Waals surface area (Å²) < 4.78 is 9.99. The van der Waals surface area contributed by atoms with Crippen molar-refractivity contribution in [1.82, 2.24) is 0 Å². The van der Waals surface area contributed by atoms with Gasteiger partial charge in [-0.1, -0.05) is 23.7 Å². The van der Waals surface area contributed by atoms with Crippen LogP contribution in [0.2, 0.25) is 5.02 Å². The molecule has 178 valence electrons. The molecule has 2 heterocycles. The van der Waals surface area contributed by atoms with Gasteiger partial charge in [-0.3, -0.25) is 14.4 Å². The highest BCUT2D eigenvalue weighted by atomic mass is 35.5. The molecule has 0 unspecified atom stereocenters. The van der Waals surface area contributed by atoms with Gasteiger partial charge in [-0.2, -0.15) is 0 Å². The molecule has 2 saturated heterocycles. The van der Waals surface area contributed by atoms with Gasteiger partial charge in [0.25, 0.3) is 5.91 Å². The number of hydrogen-bond acceptors (Lipinski definition) is 7. The minimum atomic E-state index is -1.01. The maximum Gasteiger partial charge on any atom is 0.337 e. The number of rotatable bonds is 5. The lowest BCUT2D eigenvalue weighted by Crippen LogP contribution is -2.37. The van der Waals surface area contributed by atoms with Gasteiger partial charge in [0.15, 0.2) is 6.10 Å². The first-order valence-corrected chi connectivity index (χ1v) is 11.2. The summed E-state index contributed by atoms with van der Waals surface area (Å²) in [4.78, 5) is 46.1. The lowest BCUT2D eigenvalue weighted by atomic mass is 9.90. The lowest BCUT2D eigenvalue weighted by Gasteiger charge is -2.29. The molecule has 35 heavy (non-hydrogen) atoms. The molecule has 9 heteroatoms. The molecule has 0 N–H and O–H groups in total. The van der Waals surface area contributed by atoms with E-state index in [0.29, 0.717) is 27.7 Å². The number of esters is 1. The Morgan fingerprint density at radius 3 is 2.09 bits per heavy atom. The molecular weight excluding hydrogens is 472 g/mol. The number of nitrogens with zero attached hydrogens (tertiary/aromatic N) is 2. The average molecular weight is 493 g/mol. The lowest BCUT2D eigenvalue weighted by molar-refractivity contribution is -0.126. The number of methoxy groups -OCH3 is 2. The van der Waals surface area contributed by atoms with E-state index in [2.05, 4.69) is 0 Å². The fourth-order valence-corrected chi connectivity index (χ4v) is 4.61. The third-order valence-corrected chi connectivity index (χ3v) is 6.45. The van der Waals surface area contributed by atoms with E-state index in [1.165, 1.54) is 19.2 Å². The average Bonchev–Trinajstić information content (AvgIpc) is 3.40. The number of fused-ring (bicyclic) bond motifs is 1. The first-order chi connectivity index (χ1) is 16.9. The molecule has 0 aliphatic carbocycles. The van der Waals surface area contributed by atoms with Crippen LogP contribution in [0.4, 0.5) is 11.4 Å². The highest BCUT2D eigenvalue weighted by molar-refractivity contribution is 6.30. The van der Waals surface area contributed by atoms with Crippen LogP contribution in [-0.2, 0) is 19.2 Å². The van der Waals surface area contributed by atoms with E-state index in [9.17, 15) is 14.4 Å². The number of hydrogen-bond donors (Lipinski definition) is 0. The number of hydroxylamine groups is 1. The Labute approximate surface area is 206 Å². The number of anilines is 2. The Morgan fingerprint density at radius 2 is 1.49 bits per heavy atom. The summed E-state index contributed by atoms with van der Waals surface area (Å²) in [6, 6.07) is 19.8. The normalized spacial score (nSPS) is 21.3. The highest BCUT2D eigenvalue weighted by Crippen LogP contribution is 2.47. The van der Waals surface area contributed by atoms with Crippen molar-refractivity contribution in [2.75, 3.05) is 24.2 Å². The van der Waals surface area contributed by atoms with Crippen LogP contribution in [0.3, 0.4) is 0 Å². The van der Waals surface area contributed by atoms with Gasteiger partial charge < -0.3 is 9.47 Å². The van der Waals surface area contributed by atoms with E-state index in [0.717, 1.165) is 10.5 Å². The van der Waals surface area contributed by atoms with Crippen molar-refractivity contribution in [3.05, 3.63) is 88.9 Å². The Balaban J connectivity index is 1.52. The van der Waals surface area contributed by atoms with Crippen LogP contribution < -0.4 is 14.7 Å². The second kappa shape index (κ2) is 9.05. The summed E-state index contributed by atoms with van der Waals surface area (Å²) in [5.74, 6) is -1.48. The molecule has 2 aliphatic rings. The first kappa shape index (κ1) is 22.9. The number of benzene rings is 3. The molecular formula is C26H21ClN2O6. The topological polar surface area (TPSA) is 85.4 Å². The van der Waals surface area contributed by atoms with E-state index in [4.69, 9.17) is 25.9 Å². The zero-order chi connectivity index (χ0) is 24.7. The van der Waals surface area contributed by atoms with Crippen molar-refractivity contribution in [2.24, 2.45) is 5.92 Å². The minimum Gasteiger partial charge on any atom is -0.497 e. The van der Waals surface area contributed by atoms with Crippen LogP contribution in [0.5, 0.6) is 5.75 Å². The molecule has 3 aromatic carbocycles. The molecule has 0 spiro atoms. The summed E-state index contributed by atoms with van der Waals surface area (Å²) in [7, 11) is 2.86. The molecule has 8 nitrogen and oxygen atoms in total. The van der Waals surface area contributed by atoms with Gasteiger partial charge >= 0.3 is 5.97 Å². The maximum absolute atomic E-state index is 13.7. The van der Waals surface area contributed by atoms with Crippen LogP contribution in [0.25, 0.3) is 0 Å². The Kier molecular flexibility index (Phi) is 5.92. The number of carbonyl (C=O) groups is 3. The minimum absolute atomic E-state index is 0.316. The number of amides is 2. The summed E-state index contributed by atoms with van der Waals surface area (Å²) in [5, 5.41) is 2.16. The van der Waals surface area contributed by atoms with E-state index in [1.54, 1.807) is 60.7 Å². The van der Waals surface area contributed by atoms with Gasteiger partial charge in [0.1, 0.15) is 11.7 Å². The molecule has 0 bridgehead atoms. The number of carbonyl (C=O) groups excluding carboxylic acids is 3. The summed E-state index contributed by atoms with van der Waals surface area (Å²) in [5.41, 5.74) is 2.13. The standard InChI is InChI=1S/C26H21ClN2O6/c1-33-20-13-5-15(6-14-20)22-21-23(35-29(22)19-11-7-17(27)8-12-19)25(31)28(24(21)30)18-9-3-16(4-10-18)26(32)34-2/h3-14,21-23H,1-2H3/t21-,22-,23-/m1/s1. The van der Waals surface area contributed by atoms with Crippen molar-refractivity contribution < 1.29 is 28.7 Å². The van der Waals surface area contributed by atoms with Crippen LogP contribution in [0.1, 0.15) is 22.0 Å². The van der Waals surface area contributed by atoms with Gasteiger partial charge in [0, 0.05) is 5.02 Å². The maximum atomic E-state index is 13.7. The monoisotopic (exact) mass is 492 g/mol. The van der Waals surface area contributed by atoms with Crippen molar-refractivity contribution in [3.63, 3.8) is 0 Å². The van der Waals surface area contributed by atoms with Crippen LogP contribution >= 0.6 is 11.6 Å². The Bertz CT molecular complexity index is 1280. The van der Waals surface area contributed by atoms with Crippen molar-refractivity contribution in [3.8, 4) is 5.75 Å². The third-order valence-electron chi connectivity index (χ3n) is 6.20. The largest absolute Gasteiger partial charge is 0.497 e. The predicted molar refractivity (Wildman–Crippen MR) is 128 cm³/mol. The fraction of sp³-hybridized carbons (Fsp3) is 0.192. The second-order valence-electron chi connectivity index (χ2n) is 8.12. The SMILES string of the molecule is COC(=O)c1ccc(N2C(=O)[C@@H]3[C@@H](c4ccc(OC)cc4)N(c4ccc(Cl)cc4)O[C@H]3C2=O)cc1. The number of ether oxygens (including phenoxy) is 2. The third kappa shape index (κ3) is 3.90. The van der Waals surface area contributed by atoms with E-state index >= 15 is 0 Å². The zero-order valence-corrected chi connectivity index (χ0v) is 19.6. The van der Waals surface area contributed by atoms with Crippen molar-refractivity contribution >= 4 is 40.8 Å². The molecule has 3 atom stereocenters. The van der Waals surface area contributed by atoms with Gasteiger partial charge in [-0.15, -0.1) is 0 Å².